The van der Waals surface area contributed by atoms with Crippen LogP contribution in [0.3, 0.4) is 0 Å². The third kappa shape index (κ3) is 3.41. The molecule has 4 rings (SSSR count). The second-order valence-corrected chi connectivity index (χ2v) is 6.78. The number of imidazole rings is 1. The molecule has 1 saturated carbocycles. The van der Waals surface area contributed by atoms with E-state index >= 15 is 0 Å². The van der Waals surface area contributed by atoms with Crippen LogP contribution in [0.4, 0.5) is 0 Å². The average Bonchev–Trinajstić information content (AvgIpc) is 3.32. The van der Waals surface area contributed by atoms with Crippen LogP contribution in [-0.2, 0) is 13.6 Å². The molecule has 1 aliphatic rings. The van der Waals surface area contributed by atoms with Gasteiger partial charge in [-0.2, -0.15) is 5.10 Å². The van der Waals surface area contributed by atoms with Crippen molar-refractivity contribution in [2.45, 2.75) is 31.5 Å². The van der Waals surface area contributed by atoms with Gasteiger partial charge in [-0.15, -0.1) is 0 Å². The molecular formula is C18H21N5O3. The molecule has 0 aliphatic heterocycles. The maximum atomic E-state index is 12.7. The van der Waals surface area contributed by atoms with Crippen LogP contribution in [0.1, 0.15) is 40.8 Å². The summed E-state index contributed by atoms with van der Waals surface area (Å²) in [6, 6.07) is 3.28. The molecule has 0 saturated heterocycles. The zero-order valence-corrected chi connectivity index (χ0v) is 14.4. The Bertz CT molecular complexity index is 876. The monoisotopic (exact) mass is 355 g/mol. The van der Waals surface area contributed by atoms with Crippen molar-refractivity contribution in [3.05, 3.63) is 60.3 Å². The minimum atomic E-state index is -0.290. The van der Waals surface area contributed by atoms with Crippen molar-refractivity contribution in [1.29, 1.82) is 0 Å². The van der Waals surface area contributed by atoms with E-state index < -0.39 is 0 Å². The van der Waals surface area contributed by atoms with Gasteiger partial charge >= 0.3 is 0 Å². The van der Waals surface area contributed by atoms with E-state index in [1.807, 2.05) is 24.0 Å². The fourth-order valence-electron chi connectivity index (χ4n) is 3.33. The van der Waals surface area contributed by atoms with Gasteiger partial charge in [0, 0.05) is 31.2 Å². The largest absolute Gasteiger partial charge is 0.454 e. The van der Waals surface area contributed by atoms with E-state index in [0.29, 0.717) is 25.1 Å². The fourth-order valence-corrected chi connectivity index (χ4v) is 3.33. The Balaban J connectivity index is 1.47. The molecule has 1 aliphatic carbocycles. The van der Waals surface area contributed by atoms with Gasteiger partial charge in [-0.05, 0) is 30.9 Å². The molecule has 0 unspecified atom stereocenters. The maximum absolute atomic E-state index is 12.7. The zero-order chi connectivity index (χ0) is 18.1. The summed E-state index contributed by atoms with van der Waals surface area (Å²) in [6.45, 7) is 0.522. The standard InChI is InChI=1S/C18H21N5O3/c1-22-9-13(8-20-22)17(12-6-14(24)7-12)21-18(25)16-3-2-15(26-16)10-23-5-4-19-11-23/h2-5,8-9,11-12,14,17,24H,6-7,10H2,1H3,(H,21,25)/t12?,14?,17-/m1/s1. The number of aromatic nitrogens is 4. The number of hydrogen-bond donors (Lipinski definition) is 2. The normalized spacial score (nSPS) is 20.5. The van der Waals surface area contributed by atoms with Gasteiger partial charge in [-0.1, -0.05) is 0 Å². The SMILES string of the molecule is Cn1cc([C@H](NC(=O)c2ccc(Cn3ccnc3)o2)C2CC(O)C2)cn1. The minimum absolute atomic E-state index is 0.193. The second-order valence-electron chi connectivity index (χ2n) is 6.78. The lowest BCUT2D eigenvalue weighted by atomic mass is 9.75. The van der Waals surface area contributed by atoms with Crippen molar-refractivity contribution in [1.82, 2.24) is 24.6 Å². The van der Waals surface area contributed by atoms with E-state index in [9.17, 15) is 9.90 Å². The Hall–Kier alpha value is -2.87. The van der Waals surface area contributed by atoms with E-state index in [2.05, 4.69) is 15.4 Å². The minimum Gasteiger partial charge on any atom is -0.454 e. The lowest BCUT2D eigenvalue weighted by molar-refractivity contribution is 0.0232. The number of aliphatic hydroxyl groups excluding tert-OH is 1. The van der Waals surface area contributed by atoms with Crippen molar-refractivity contribution in [2.24, 2.45) is 13.0 Å². The highest BCUT2D eigenvalue weighted by atomic mass is 16.4. The molecule has 0 radical (unpaired) electrons. The first kappa shape index (κ1) is 16.6. The molecule has 8 heteroatoms. The van der Waals surface area contributed by atoms with Crippen LogP contribution in [0.25, 0.3) is 0 Å². The number of carbonyl (C=O) groups is 1. The number of amides is 1. The number of nitrogens with one attached hydrogen (secondary N) is 1. The lowest BCUT2D eigenvalue weighted by Gasteiger charge is -2.37. The van der Waals surface area contributed by atoms with E-state index in [1.54, 1.807) is 35.5 Å². The quantitative estimate of drug-likeness (QED) is 0.698. The first-order chi connectivity index (χ1) is 12.6. The van der Waals surface area contributed by atoms with Gasteiger partial charge in [0.05, 0.1) is 31.2 Å². The summed E-state index contributed by atoms with van der Waals surface area (Å²) < 4.78 is 9.26. The Morgan fingerprint density at radius 3 is 2.96 bits per heavy atom. The van der Waals surface area contributed by atoms with E-state index in [0.717, 1.165) is 5.56 Å². The molecule has 2 N–H and O–H groups in total. The van der Waals surface area contributed by atoms with Crippen LogP contribution < -0.4 is 5.32 Å². The first-order valence-electron chi connectivity index (χ1n) is 8.60. The number of rotatable bonds is 6. The van der Waals surface area contributed by atoms with Gasteiger partial charge in [0.2, 0.25) is 0 Å². The van der Waals surface area contributed by atoms with Crippen molar-refractivity contribution in [3.8, 4) is 0 Å². The van der Waals surface area contributed by atoms with Crippen molar-refractivity contribution >= 4 is 5.91 Å². The van der Waals surface area contributed by atoms with Gasteiger partial charge in [0.15, 0.2) is 5.76 Å². The van der Waals surface area contributed by atoms with Crippen molar-refractivity contribution in [3.63, 3.8) is 0 Å². The van der Waals surface area contributed by atoms with Gasteiger partial charge in [0.1, 0.15) is 5.76 Å². The number of nitrogens with zero attached hydrogens (tertiary/aromatic N) is 4. The van der Waals surface area contributed by atoms with Crippen LogP contribution in [0, 0.1) is 5.92 Å². The number of furan rings is 1. The fraction of sp³-hybridized carbons (Fsp3) is 0.389. The molecule has 3 heterocycles. The summed E-state index contributed by atoms with van der Waals surface area (Å²) in [6.07, 6.45) is 9.92. The molecule has 0 aromatic carbocycles. The molecule has 1 amide bonds. The Morgan fingerprint density at radius 1 is 1.46 bits per heavy atom. The predicted molar refractivity (Wildman–Crippen MR) is 92.2 cm³/mol. The van der Waals surface area contributed by atoms with E-state index in [4.69, 9.17) is 4.42 Å². The smallest absolute Gasteiger partial charge is 0.287 e. The van der Waals surface area contributed by atoms with E-state index in [-0.39, 0.29) is 29.7 Å². The third-order valence-electron chi connectivity index (χ3n) is 4.77. The molecule has 8 nitrogen and oxygen atoms in total. The van der Waals surface area contributed by atoms with Gasteiger partial charge < -0.3 is 19.4 Å². The number of aliphatic hydroxyl groups is 1. The summed E-state index contributed by atoms with van der Waals surface area (Å²) in [5.74, 6) is 0.884. The molecule has 0 bridgehead atoms. The van der Waals surface area contributed by atoms with Crippen LogP contribution in [0.2, 0.25) is 0 Å². The highest BCUT2D eigenvalue weighted by Crippen LogP contribution is 2.38. The zero-order valence-electron chi connectivity index (χ0n) is 14.4. The molecule has 1 atom stereocenters. The van der Waals surface area contributed by atoms with Crippen molar-refractivity contribution < 1.29 is 14.3 Å². The lowest BCUT2D eigenvalue weighted by Crippen LogP contribution is -2.41. The summed E-state index contributed by atoms with van der Waals surface area (Å²) >= 11 is 0. The van der Waals surface area contributed by atoms with Gasteiger partial charge in [0.25, 0.3) is 5.91 Å². The molecule has 3 aromatic heterocycles. The number of carbonyl (C=O) groups excluding carboxylic acids is 1. The Kier molecular flexibility index (Phi) is 4.34. The molecule has 1 fully saturated rings. The molecule has 136 valence electrons. The van der Waals surface area contributed by atoms with Crippen LogP contribution >= 0.6 is 0 Å². The van der Waals surface area contributed by atoms with Gasteiger partial charge in [-0.3, -0.25) is 9.48 Å². The second kappa shape index (κ2) is 6.80. The summed E-state index contributed by atoms with van der Waals surface area (Å²) in [5, 5.41) is 16.9. The summed E-state index contributed by atoms with van der Waals surface area (Å²) in [4.78, 5) is 16.7. The van der Waals surface area contributed by atoms with Gasteiger partial charge in [-0.25, -0.2) is 4.98 Å². The van der Waals surface area contributed by atoms with Crippen LogP contribution in [0.5, 0.6) is 0 Å². The molecule has 26 heavy (non-hydrogen) atoms. The summed E-state index contributed by atoms with van der Waals surface area (Å²) in [7, 11) is 1.84. The number of hydrogen-bond acceptors (Lipinski definition) is 5. The molecule has 0 spiro atoms. The van der Waals surface area contributed by atoms with Crippen molar-refractivity contribution in [2.75, 3.05) is 0 Å². The number of aryl methyl sites for hydroxylation is 1. The molecule has 3 aromatic rings. The Morgan fingerprint density at radius 2 is 2.31 bits per heavy atom. The van der Waals surface area contributed by atoms with Crippen LogP contribution in [0.15, 0.2) is 47.7 Å². The summed E-state index contributed by atoms with van der Waals surface area (Å²) in [5.41, 5.74) is 0.933. The highest BCUT2D eigenvalue weighted by molar-refractivity contribution is 5.91. The predicted octanol–water partition coefficient (Wildman–Crippen LogP) is 1.50. The topological polar surface area (TPSA) is 98.1 Å². The highest BCUT2D eigenvalue weighted by Gasteiger charge is 2.36. The molecular weight excluding hydrogens is 334 g/mol. The average molecular weight is 355 g/mol. The van der Waals surface area contributed by atoms with E-state index in [1.165, 1.54) is 0 Å². The third-order valence-corrected chi connectivity index (χ3v) is 4.77. The maximum Gasteiger partial charge on any atom is 0.287 e. The van der Waals surface area contributed by atoms with Crippen LogP contribution in [-0.4, -0.2) is 36.4 Å². The Labute approximate surface area is 150 Å². The first-order valence-corrected chi connectivity index (χ1v) is 8.60.